The van der Waals surface area contributed by atoms with Crippen molar-refractivity contribution in [2.45, 2.75) is 37.8 Å². The van der Waals surface area contributed by atoms with E-state index in [0.717, 1.165) is 44.5 Å². The number of hydrogen-bond donors (Lipinski definition) is 3. The Balaban J connectivity index is 0.00000210. The lowest BCUT2D eigenvalue weighted by molar-refractivity contribution is -0.125. The molecule has 0 spiro atoms. The average molecular weight is 447 g/mol. The lowest BCUT2D eigenvalue weighted by Gasteiger charge is -2.33. The molecule has 9 heteroatoms. The van der Waals surface area contributed by atoms with Crippen LogP contribution in [-0.2, 0) is 14.3 Å². The maximum atomic E-state index is 12.4. The van der Waals surface area contributed by atoms with Gasteiger partial charge in [0.05, 0.1) is 12.6 Å². The Morgan fingerprint density at radius 1 is 1.07 bits per heavy atom. The van der Waals surface area contributed by atoms with Crippen molar-refractivity contribution in [3.8, 4) is 0 Å². The standard InChI is InChI=1S/C20H30N4O3.2ClH/c21-19(15-8-12-27-13-9-15)20(26)23-17-6-10-24(11-7-17)14-18(25)22-16-4-2-1-3-5-16;;/h1-5,15,17,19H,6-14,21H2,(H,22,25)(H,23,26);2*1H. The first kappa shape index (κ1) is 25.7. The number of nitrogens with one attached hydrogen (secondary N) is 2. The van der Waals surface area contributed by atoms with Gasteiger partial charge >= 0.3 is 0 Å². The number of benzene rings is 1. The van der Waals surface area contributed by atoms with Crippen molar-refractivity contribution in [1.29, 1.82) is 0 Å². The Morgan fingerprint density at radius 2 is 1.69 bits per heavy atom. The number of likely N-dealkylation sites (tertiary alicyclic amines) is 1. The maximum Gasteiger partial charge on any atom is 0.238 e. The number of amides is 2. The highest BCUT2D eigenvalue weighted by Gasteiger charge is 2.29. The van der Waals surface area contributed by atoms with Crippen LogP contribution in [0.3, 0.4) is 0 Å². The predicted octanol–water partition coefficient (Wildman–Crippen LogP) is 1.80. The highest BCUT2D eigenvalue weighted by molar-refractivity contribution is 5.92. The average Bonchev–Trinajstić information content (AvgIpc) is 2.70. The van der Waals surface area contributed by atoms with E-state index in [-0.39, 0.29) is 48.6 Å². The van der Waals surface area contributed by atoms with E-state index in [1.807, 2.05) is 30.3 Å². The van der Waals surface area contributed by atoms with Crippen molar-refractivity contribution in [1.82, 2.24) is 10.2 Å². The Hall–Kier alpha value is -1.38. The Bertz CT molecular complexity index is 621. The molecule has 2 fully saturated rings. The van der Waals surface area contributed by atoms with Gasteiger partial charge in [0.25, 0.3) is 0 Å². The maximum absolute atomic E-state index is 12.4. The van der Waals surface area contributed by atoms with Crippen LogP contribution in [0.2, 0.25) is 0 Å². The molecule has 0 bridgehead atoms. The molecule has 2 aliphatic heterocycles. The van der Waals surface area contributed by atoms with Gasteiger partial charge in [-0.15, -0.1) is 24.8 Å². The minimum atomic E-state index is -0.455. The summed E-state index contributed by atoms with van der Waals surface area (Å²) in [4.78, 5) is 26.7. The molecule has 0 saturated carbocycles. The van der Waals surface area contributed by atoms with Crippen LogP contribution >= 0.6 is 24.8 Å². The Kier molecular flexibility index (Phi) is 11.5. The summed E-state index contributed by atoms with van der Waals surface area (Å²) < 4.78 is 5.34. The van der Waals surface area contributed by atoms with Crippen LogP contribution in [0.25, 0.3) is 0 Å². The molecule has 3 rings (SSSR count). The van der Waals surface area contributed by atoms with Gasteiger partial charge in [-0.3, -0.25) is 14.5 Å². The molecule has 1 aromatic rings. The number of anilines is 1. The van der Waals surface area contributed by atoms with Crippen LogP contribution in [0.4, 0.5) is 5.69 Å². The first-order valence-electron chi connectivity index (χ1n) is 9.83. The molecule has 7 nitrogen and oxygen atoms in total. The molecule has 29 heavy (non-hydrogen) atoms. The lowest BCUT2D eigenvalue weighted by atomic mass is 9.91. The number of halogens is 2. The van der Waals surface area contributed by atoms with Crippen molar-refractivity contribution in [3.05, 3.63) is 30.3 Å². The fourth-order valence-corrected chi connectivity index (χ4v) is 3.75. The van der Waals surface area contributed by atoms with E-state index in [1.54, 1.807) is 0 Å². The van der Waals surface area contributed by atoms with Crippen LogP contribution < -0.4 is 16.4 Å². The van der Waals surface area contributed by atoms with Gasteiger partial charge in [0.1, 0.15) is 0 Å². The monoisotopic (exact) mass is 446 g/mol. The molecule has 2 aliphatic rings. The van der Waals surface area contributed by atoms with E-state index in [4.69, 9.17) is 10.5 Å². The minimum absolute atomic E-state index is 0. The number of hydrogen-bond acceptors (Lipinski definition) is 5. The summed E-state index contributed by atoms with van der Waals surface area (Å²) in [6, 6.07) is 9.15. The third-order valence-corrected chi connectivity index (χ3v) is 5.44. The van der Waals surface area contributed by atoms with Crippen LogP contribution in [0.15, 0.2) is 30.3 Å². The third-order valence-electron chi connectivity index (χ3n) is 5.44. The second-order valence-electron chi connectivity index (χ2n) is 7.45. The highest BCUT2D eigenvalue weighted by atomic mass is 35.5. The second-order valence-corrected chi connectivity index (χ2v) is 7.45. The molecule has 4 N–H and O–H groups in total. The summed E-state index contributed by atoms with van der Waals surface area (Å²) in [5, 5.41) is 6.00. The number of carbonyl (C=O) groups excluding carboxylic acids is 2. The normalized spacial score (nSPS) is 19.3. The molecule has 0 aromatic heterocycles. The molecule has 1 unspecified atom stereocenters. The molecule has 2 amide bonds. The molecular formula is C20H32Cl2N4O3. The summed E-state index contributed by atoms with van der Waals surface area (Å²) in [6.07, 6.45) is 3.38. The number of piperidine rings is 1. The van der Waals surface area contributed by atoms with Gasteiger partial charge in [-0.1, -0.05) is 18.2 Å². The van der Waals surface area contributed by atoms with Crippen molar-refractivity contribution < 1.29 is 14.3 Å². The zero-order valence-corrected chi connectivity index (χ0v) is 18.2. The third kappa shape index (κ3) is 8.10. The van der Waals surface area contributed by atoms with E-state index in [9.17, 15) is 9.59 Å². The smallest absolute Gasteiger partial charge is 0.238 e. The number of nitrogens with zero attached hydrogens (tertiary/aromatic N) is 1. The van der Waals surface area contributed by atoms with Crippen molar-refractivity contribution in [3.63, 3.8) is 0 Å². The minimum Gasteiger partial charge on any atom is -0.381 e. The Morgan fingerprint density at radius 3 is 2.31 bits per heavy atom. The number of nitrogens with two attached hydrogens (primary N) is 1. The topological polar surface area (TPSA) is 96.7 Å². The van der Waals surface area contributed by atoms with Crippen LogP contribution in [0.1, 0.15) is 25.7 Å². The van der Waals surface area contributed by atoms with Crippen molar-refractivity contribution >= 4 is 42.3 Å². The van der Waals surface area contributed by atoms with Crippen LogP contribution in [0, 0.1) is 5.92 Å². The molecule has 2 saturated heterocycles. The van der Waals surface area contributed by atoms with Crippen LogP contribution in [0.5, 0.6) is 0 Å². The lowest BCUT2D eigenvalue weighted by Crippen LogP contribution is -2.53. The van der Waals surface area contributed by atoms with E-state index >= 15 is 0 Å². The Labute approximate surface area is 184 Å². The first-order chi connectivity index (χ1) is 13.1. The quantitative estimate of drug-likeness (QED) is 0.618. The largest absolute Gasteiger partial charge is 0.381 e. The van der Waals surface area contributed by atoms with Gasteiger partial charge in [0.15, 0.2) is 0 Å². The van der Waals surface area contributed by atoms with E-state index in [1.165, 1.54) is 0 Å². The van der Waals surface area contributed by atoms with Gasteiger partial charge in [0, 0.05) is 38.0 Å². The zero-order valence-electron chi connectivity index (χ0n) is 16.5. The summed E-state index contributed by atoms with van der Waals surface area (Å²) >= 11 is 0. The van der Waals surface area contributed by atoms with Gasteiger partial charge in [-0.05, 0) is 43.7 Å². The fourth-order valence-electron chi connectivity index (χ4n) is 3.75. The summed E-state index contributed by atoms with van der Waals surface area (Å²) in [6.45, 7) is 3.33. The summed E-state index contributed by atoms with van der Waals surface area (Å²) in [5.74, 6) is 0.146. The number of para-hydroxylation sites is 1. The van der Waals surface area contributed by atoms with E-state index in [2.05, 4.69) is 15.5 Å². The van der Waals surface area contributed by atoms with E-state index < -0.39 is 6.04 Å². The first-order valence-corrected chi connectivity index (χ1v) is 9.83. The number of carbonyl (C=O) groups is 2. The van der Waals surface area contributed by atoms with Crippen molar-refractivity contribution in [2.24, 2.45) is 11.7 Å². The molecule has 164 valence electrons. The number of ether oxygens (including phenoxy) is 1. The zero-order chi connectivity index (χ0) is 19.1. The molecular weight excluding hydrogens is 415 g/mol. The molecule has 1 atom stereocenters. The number of rotatable bonds is 6. The molecule has 0 aliphatic carbocycles. The predicted molar refractivity (Wildman–Crippen MR) is 119 cm³/mol. The second kappa shape index (κ2) is 13.0. The molecule has 1 aromatic carbocycles. The van der Waals surface area contributed by atoms with Crippen LogP contribution in [-0.4, -0.2) is 61.6 Å². The van der Waals surface area contributed by atoms with Gasteiger partial charge < -0.3 is 21.1 Å². The van der Waals surface area contributed by atoms with E-state index in [0.29, 0.717) is 19.8 Å². The van der Waals surface area contributed by atoms with Crippen molar-refractivity contribution in [2.75, 3.05) is 38.2 Å². The van der Waals surface area contributed by atoms with Gasteiger partial charge in [0.2, 0.25) is 11.8 Å². The molecule has 0 radical (unpaired) electrons. The highest BCUT2D eigenvalue weighted by Crippen LogP contribution is 2.18. The van der Waals surface area contributed by atoms with Gasteiger partial charge in [-0.2, -0.15) is 0 Å². The summed E-state index contributed by atoms with van der Waals surface area (Å²) in [7, 11) is 0. The van der Waals surface area contributed by atoms with Gasteiger partial charge in [-0.25, -0.2) is 0 Å². The fraction of sp³-hybridized carbons (Fsp3) is 0.600. The molecule has 2 heterocycles. The summed E-state index contributed by atoms with van der Waals surface area (Å²) in [5.41, 5.74) is 6.96. The SMILES string of the molecule is Cl.Cl.NC(C(=O)NC1CCN(CC(=O)Nc2ccccc2)CC1)C1CCOCC1.